The van der Waals surface area contributed by atoms with Crippen molar-refractivity contribution in [1.29, 1.82) is 0 Å². The Balaban J connectivity index is 0.000000510. The summed E-state index contributed by atoms with van der Waals surface area (Å²) in [6.07, 6.45) is 11.5. The molecule has 0 saturated carbocycles. The normalized spacial score (nSPS) is 16.0. The molecule has 2 heteroatoms. The van der Waals surface area contributed by atoms with Gasteiger partial charge in [-0.05, 0) is 42.9 Å². The number of likely N-dealkylation sites (N-methyl/N-ethyl adjacent to an activating group) is 1. The summed E-state index contributed by atoms with van der Waals surface area (Å²) in [6, 6.07) is 9.52. The van der Waals surface area contributed by atoms with Gasteiger partial charge in [0.2, 0.25) is 0 Å². The van der Waals surface area contributed by atoms with Crippen LogP contribution in [-0.2, 0) is 12.8 Å². The Morgan fingerprint density at radius 2 is 1.62 bits per heavy atom. The SMILES string of the molecule is CC.CN(C1=CC=CCC1)C1Cc2ccccc2C1.CP. The maximum absolute atomic E-state index is 2.49. The zero-order valence-electron chi connectivity index (χ0n) is 14.0. The summed E-state index contributed by atoms with van der Waals surface area (Å²) in [4.78, 5) is 2.49. The Hall–Kier alpha value is -1.07. The summed E-state index contributed by atoms with van der Waals surface area (Å²) < 4.78 is 0. The van der Waals surface area contributed by atoms with Gasteiger partial charge in [-0.1, -0.05) is 56.9 Å². The molecule has 0 fully saturated rings. The second-order valence-corrected chi connectivity index (χ2v) is 5.07. The molecule has 1 aromatic rings. The summed E-state index contributed by atoms with van der Waals surface area (Å²) in [7, 11) is 4.67. The Labute approximate surface area is 133 Å². The topological polar surface area (TPSA) is 3.24 Å². The van der Waals surface area contributed by atoms with E-state index in [0.29, 0.717) is 6.04 Å². The molecule has 0 radical (unpaired) electrons. The number of allylic oxidation sites excluding steroid dienone is 4. The minimum absolute atomic E-state index is 0.658. The Kier molecular flexibility index (Phi) is 8.38. The van der Waals surface area contributed by atoms with Crippen LogP contribution in [0.3, 0.4) is 0 Å². The molecule has 2 aliphatic rings. The summed E-state index contributed by atoms with van der Waals surface area (Å²) in [5.74, 6) is 0. The minimum atomic E-state index is 0.658. The fraction of sp³-hybridized carbons (Fsp3) is 0.474. The van der Waals surface area contributed by atoms with Crippen LogP contribution in [0.2, 0.25) is 0 Å². The monoisotopic (exact) mass is 303 g/mol. The third-order valence-corrected chi connectivity index (χ3v) is 4.02. The molecule has 0 N–H and O–H groups in total. The van der Waals surface area contributed by atoms with E-state index in [1.165, 1.54) is 42.5 Å². The highest BCUT2D eigenvalue weighted by Gasteiger charge is 2.25. The van der Waals surface area contributed by atoms with Gasteiger partial charge in [-0.2, -0.15) is 0 Å². The molecule has 1 nitrogen and oxygen atoms in total. The molecule has 0 saturated heterocycles. The van der Waals surface area contributed by atoms with Gasteiger partial charge < -0.3 is 4.90 Å². The third-order valence-electron chi connectivity index (χ3n) is 4.02. The van der Waals surface area contributed by atoms with Crippen LogP contribution in [0, 0.1) is 0 Å². The first-order valence-electron chi connectivity index (χ1n) is 8.07. The number of rotatable bonds is 2. The Morgan fingerprint density at radius 1 is 1.05 bits per heavy atom. The second-order valence-electron chi connectivity index (χ2n) is 5.07. The molecule has 0 amide bonds. The quantitative estimate of drug-likeness (QED) is 0.707. The van der Waals surface area contributed by atoms with Crippen LogP contribution < -0.4 is 0 Å². The molecule has 3 rings (SSSR count). The minimum Gasteiger partial charge on any atom is -0.374 e. The first kappa shape index (κ1) is 18.0. The van der Waals surface area contributed by atoms with E-state index in [1.807, 2.05) is 20.5 Å². The highest BCUT2D eigenvalue weighted by Crippen LogP contribution is 2.28. The van der Waals surface area contributed by atoms with E-state index in [0.717, 1.165) is 0 Å². The number of hydrogen-bond acceptors (Lipinski definition) is 1. The predicted octanol–water partition coefficient (Wildman–Crippen LogP) is 4.84. The van der Waals surface area contributed by atoms with E-state index < -0.39 is 0 Å². The van der Waals surface area contributed by atoms with Gasteiger partial charge >= 0.3 is 0 Å². The van der Waals surface area contributed by atoms with E-state index >= 15 is 0 Å². The highest BCUT2D eigenvalue weighted by atomic mass is 31.0. The first-order chi connectivity index (χ1) is 10.3. The molecule has 0 heterocycles. The van der Waals surface area contributed by atoms with Crippen molar-refractivity contribution in [1.82, 2.24) is 4.90 Å². The van der Waals surface area contributed by atoms with Crippen LogP contribution in [0.1, 0.15) is 37.8 Å². The largest absolute Gasteiger partial charge is 0.374 e. The second kappa shape index (κ2) is 9.79. The van der Waals surface area contributed by atoms with E-state index in [1.54, 1.807) is 0 Å². The van der Waals surface area contributed by atoms with E-state index in [9.17, 15) is 0 Å². The molecule has 0 aliphatic heterocycles. The van der Waals surface area contributed by atoms with Crippen molar-refractivity contribution in [3.8, 4) is 0 Å². The van der Waals surface area contributed by atoms with Crippen LogP contribution >= 0.6 is 9.24 Å². The maximum Gasteiger partial charge on any atom is 0.0364 e. The van der Waals surface area contributed by atoms with Crippen molar-refractivity contribution in [2.45, 2.75) is 45.6 Å². The van der Waals surface area contributed by atoms with Gasteiger partial charge in [-0.25, -0.2) is 0 Å². The maximum atomic E-state index is 2.49. The molecule has 0 spiro atoms. The number of hydrogen-bond donors (Lipinski definition) is 0. The van der Waals surface area contributed by atoms with Crippen LogP contribution in [0.15, 0.2) is 48.2 Å². The van der Waals surface area contributed by atoms with Gasteiger partial charge in [0.05, 0.1) is 0 Å². The molecular weight excluding hydrogens is 273 g/mol. The Bertz CT molecular complexity index is 451. The molecule has 2 aliphatic carbocycles. The van der Waals surface area contributed by atoms with Gasteiger partial charge in [0.25, 0.3) is 0 Å². The van der Waals surface area contributed by atoms with E-state index in [4.69, 9.17) is 0 Å². The summed E-state index contributed by atoms with van der Waals surface area (Å²) >= 11 is 0. The summed E-state index contributed by atoms with van der Waals surface area (Å²) in [5.41, 5.74) is 4.57. The van der Waals surface area contributed by atoms with Gasteiger partial charge in [0, 0.05) is 18.8 Å². The lowest BCUT2D eigenvalue weighted by molar-refractivity contribution is 0.302. The fourth-order valence-electron chi connectivity index (χ4n) is 2.93. The van der Waals surface area contributed by atoms with Crippen molar-refractivity contribution >= 4 is 9.24 Å². The fourth-order valence-corrected chi connectivity index (χ4v) is 2.93. The lowest BCUT2D eigenvalue weighted by Gasteiger charge is -2.30. The zero-order chi connectivity index (χ0) is 15.7. The predicted molar refractivity (Wildman–Crippen MR) is 98.8 cm³/mol. The van der Waals surface area contributed by atoms with Crippen LogP contribution in [0.5, 0.6) is 0 Å². The molecule has 1 aromatic carbocycles. The molecule has 116 valence electrons. The summed E-state index contributed by atoms with van der Waals surface area (Å²) in [5, 5.41) is 0. The number of fused-ring (bicyclic) bond motifs is 1. The third kappa shape index (κ3) is 4.71. The standard InChI is InChI=1S/C16H19N.C2H6.CH5P/c1-17(15-9-3-2-4-10-15)16-11-13-7-5-6-8-14(13)12-16;2*1-2/h2-3,5-9,16H,4,10-12H2,1H3;1-2H3;2H2,1H3. The summed E-state index contributed by atoms with van der Waals surface area (Å²) in [6.45, 7) is 5.92. The van der Waals surface area contributed by atoms with Gasteiger partial charge in [0.15, 0.2) is 0 Å². The molecular formula is C19H30NP. The van der Waals surface area contributed by atoms with Crippen molar-refractivity contribution in [3.63, 3.8) is 0 Å². The first-order valence-corrected chi connectivity index (χ1v) is 9.23. The average molecular weight is 303 g/mol. The van der Waals surface area contributed by atoms with Gasteiger partial charge in [-0.3, -0.25) is 0 Å². The van der Waals surface area contributed by atoms with Crippen molar-refractivity contribution in [3.05, 3.63) is 59.3 Å². The van der Waals surface area contributed by atoms with Crippen LogP contribution in [0.25, 0.3) is 0 Å². The van der Waals surface area contributed by atoms with Crippen LogP contribution in [0.4, 0.5) is 0 Å². The molecule has 0 bridgehead atoms. The van der Waals surface area contributed by atoms with E-state index in [-0.39, 0.29) is 0 Å². The number of nitrogens with zero attached hydrogens (tertiary/aromatic N) is 1. The van der Waals surface area contributed by atoms with Crippen molar-refractivity contribution in [2.75, 3.05) is 13.7 Å². The van der Waals surface area contributed by atoms with Crippen molar-refractivity contribution < 1.29 is 0 Å². The average Bonchev–Trinajstić information content (AvgIpc) is 3.03. The molecule has 1 unspecified atom stereocenters. The van der Waals surface area contributed by atoms with Gasteiger partial charge in [0.1, 0.15) is 0 Å². The van der Waals surface area contributed by atoms with E-state index in [2.05, 4.69) is 63.7 Å². The lowest BCUT2D eigenvalue weighted by Crippen LogP contribution is -2.31. The molecule has 0 aromatic heterocycles. The zero-order valence-corrected chi connectivity index (χ0v) is 15.1. The van der Waals surface area contributed by atoms with Gasteiger partial charge in [-0.15, -0.1) is 9.24 Å². The Morgan fingerprint density at radius 3 is 2.10 bits per heavy atom. The molecule has 1 atom stereocenters. The lowest BCUT2D eigenvalue weighted by atomic mass is 10.1. The number of benzene rings is 1. The van der Waals surface area contributed by atoms with Crippen LogP contribution in [-0.4, -0.2) is 24.7 Å². The molecule has 21 heavy (non-hydrogen) atoms. The highest BCUT2D eigenvalue weighted by molar-refractivity contribution is 7.15. The van der Waals surface area contributed by atoms with Crippen molar-refractivity contribution in [2.24, 2.45) is 0 Å². The smallest absolute Gasteiger partial charge is 0.0364 e.